The molecule has 0 saturated heterocycles. The van der Waals surface area contributed by atoms with E-state index in [9.17, 15) is 18.0 Å². The van der Waals surface area contributed by atoms with E-state index in [4.69, 9.17) is 11.6 Å². The van der Waals surface area contributed by atoms with E-state index < -0.39 is 16.0 Å². The molecule has 2 rings (SSSR count). The summed E-state index contributed by atoms with van der Waals surface area (Å²) >= 11 is 5.98. The molecule has 0 heterocycles. The van der Waals surface area contributed by atoms with Gasteiger partial charge >= 0.3 is 5.97 Å². The minimum atomic E-state index is -3.93. The third-order valence-electron chi connectivity index (χ3n) is 3.20. The lowest BCUT2D eigenvalue weighted by Crippen LogP contribution is -2.14. The van der Waals surface area contributed by atoms with Crippen LogP contribution in [0.15, 0.2) is 47.4 Å². The summed E-state index contributed by atoms with van der Waals surface area (Å²) in [5.74, 6) is -0.779. The molecule has 0 bridgehead atoms. The van der Waals surface area contributed by atoms with E-state index in [1.54, 1.807) is 0 Å². The Morgan fingerprint density at radius 3 is 2.17 bits per heavy atom. The van der Waals surface area contributed by atoms with Gasteiger partial charge < -0.3 is 4.74 Å². The van der Waals surface area contributed by atoms with Gasteiger partial charge in [-0.3, -0.25) is 9.52 Å². The standard InChI is InChI=1S/C16H14ClNO5S/c1-10(19)11-3-6-13(7-4-11)24(21,22)18-15-9-12(16(20)23-2)5-8-14(15)17/h3-9,18H,1-2H3. The lowest BCUT2D eigenvalue weighted by molar-refractivity contribution is 0.0600. The van der Waals surface area contributed by atoms with E-state index in [-0.39, 0.29) is 27.0 Å². The van der Waals surface area contributed by atoms with Gasteiger partial charge in [0.1, 0.15) is 0 Å². The maximum Gasteiger partial charge on any atom is 0.337 e. The van der Waals surface area contributed by atoms with Crippen LogP contribution in [-0.4, -0.2) is 27.3 Å². The number of Topliss-reactive ketones (excluding diaryl/α,β-unsaturated/α-hetero) is 1. The molecule has 1 N–H and O–H groups in total. The lowest BCUT2D eigenvalue weighted by Gasteiger charge is -2.11. The number of hydrogen-bond acceptors (Lipinski definition) is 5. The van der Waals surface area contributed by atoms with Gasteiger partial charge in [-0.1, -0.05) is 23.7 Å². The molecule has 0 unspecified atom stereocenters. The molecule has 24 heavy (non-hydrogen) atoms. The molecule has 0 spiro atoms. The van der Waals surface area contributed by atoms with Crippen molar-refractivity contribution in [1.29, 1.82) is 0 Å². The zero-order valence-electron chi connectivity index (χ0n) is 12.9. The fraction of sp³-hybridized carbons (Fsp3) is 0.125. The Bertz CT molecular complexity index is 891. The Kier molecular flexibility index (Phi) is 5.26. The zero-order chi connectivity index (χ0) is 17.9. The number of nitrogens with one attached hydrogen (secondary N) is 1. The number of benzene rings is 2. The van der Waals surface area contributed by atoms with Gasteiger partial charge in [0.15, 0.2) is 5.78 Å². The Morgan fingerprint density at radius 1 is 1.04 bits per heavy atom. The number of anilines is 1. The van der Waals surface area contributed by atoms with Crippen LogP contribution in [0.1, 0.15) is 27.6 Å². The molecule has 6 nitrogen and oxygen atoms in total. The van der Waals surface area contributed by atoms with Gasteiger partial charge in [0.25, 0.3) is 10.0 Å². The molecule has 2 aromatic carbocycles. The fourth-order valence-electron chi connectivity index (χ4n) is 1.92. The number of rotatable bonds is 5. The number of halogens is 1. The third-order valence-corrected chi connectivity index (χ3v) is 4.91. The van der Waals surface area contributed by atoms with Crippen LogP contribution in [0.5, 0.6) is 0 Å². The van der Waals surface area contributed by atoms with Gasteiger partial charge in [-0.25, -0.2) is 13.2 Å². The Labute approximate surface area is 144 Å². The number of ketones is 1. The highest BCUT2D eigenvalue weighted by molar-refractivity contribution is 7.92. The van der Waals surface area contributed by atoms with Crippen LogP contribution in [-0.2, 0) is 14.8 Å². The SMILES string of the molecule is COC(=O)c1ccc(Cl)c(NS(=O)(=O)c2ccc(C(C)=O)cc2)c1. The van der Waals surface area contributed by atoms with Crippen molar-refractivity contribution in [3.05, 3.63) is 58.6 Å². The first-order valence-electron chi connectivity index (χ1n) is 6.76. The van der Waals surface area contributed by atoms with Gasteiger partial charge in [0.2, 0.25) is 0 Å². The summed E-state index contributed by atoms with van der Waals surface area (Å²) in [5.41, 5.74) is 0.612. The molecular weight excluding hydrogens is 354 g/mol. The number of ether oxygens (including phenoxy) is 1. The molecule has 0 atom stereocenters. The number of esters is 1. The third kappa shape index (κ3) is 3.93. The minimum Gasteiger partial charge on any atom is -0.465 e. The Morgan fingerprint density at radius 2 is 1.62 bits per heavy atom. The van der Waals surface area contributed by atoms with Crippen LogP contribution in [0.2, 0.25) is 5.02 Å². The van der Waals surface area contributed by atoms with Crippen molar-refractivity contribution in [3.63, 3.8) is 0 Å². The highest BCUT2D eigenvalue weighted by Gasteiger charge is 2.17. The Balaban J connectivity index is 2.35. The number of carbonyl (C=O) groups is 2. The Hall–Kier alpha value is -2.38. The van der Waals surface area contributed by atoms with Gasteiger partial charge in [-0.05, 0) is 37.3 Å². The highest BCUT2D eigenvalue weighted by Crippen LogP contribution is 2.26. The summed E-state index contributed by atoms with van der Waals surface area (Å²) in [6, 6.07) is 9.58. The van der Waals surface area contributed by atoms with Gasteiger partial charge in [-0.2, -0.15) is 0 Å². The van der Waals surface area contributed by atoms with Crippen molar-refractivity contribution in [2.75, 3.05) is 11.8 Å². The molecule has 2 aromatic rings. The van der Waals surface area contributed by atoms with Crippen molar-refractivity contribution in [2.45, 2.75) is 11.8 Å². The smallest absolute Gasteiger partial charge is 0.337 e. The molecule has 0 saturated carbocycles. The largest absolute Gasteiger partial charge is 0.465 e. The molecule has 0 radical (unpaired) electrons. The molecular formula is C16H14ClNO5S. The summed E-state index contributed by atoms with van der Waals surface area (Å²) in [7, 11) is -2.71. The summed E-state index contributed by atoms with van der Waals surface area (Å²) in [6.07, 6.45) is 0. The normalized spacial score (nSPS) is 11.0. The van der Waals surface area contributed by atoms with Gasteiger partial charge in [0, 0.05) is 5.56 Å². The second kappa shape index (κ2) is 7.02. The molecule has 0 fully saturated rings. The summed E-state index contributed by atoms with van der Waals surface area (Å²) in [4.78, 5) is 22.7. The summed E-state index contributed by atoms with van der Waals surface area (Å²) < 4.78 is 31.7. The van der Waals surface area contributed by atoms with Crippen molar-refractivity contribution in [2.24, 2.45) is 0 Å². The quantitative estimate of drug-likeness (QED) is 0.647. The predicted octanol–water partition coefficient (Wildman–Crippen LogP) is 3.13. The topological polar surface area (TPSA) is 89.5 Å². The van der Waals surface area contributed by atoms with Gasteiger partial charge in [0.05, 0.1) is 28.3 Å². The summed E-state index contributed by atoms with van der Waals surface area (Å²) in [5, 5.41) is 0.131. The summed E-state index contributed by atoms with van der Waals surface area (Å²) in [6.45, 7) is 1.39. The maximum atomic E-state index is 12.4. The van der Waals surface area contributed by atoms with E-state index in [1.807, 2.05) is 0 Å². The molecule has 0 aromatic heterocycles. The van der Waals surface area contributed by atoms with Crippen LogP contribution in [0.3, 0.4) is 0 Å². The average molecular weight is 368 g/mol. The molecule has 126 valence electrons. The van der Waals surface area contributed by atoms with Crippen LogP contribution < -0.4 is 4.72 Å². The molecule has 0 aliphatic carbocycles. The number of hydrogen-bond donors (Lipinski definition) is 1. The number of methoxy groups -OCH3 is 1. The molecule has 0 aliphatic heterocycles. The van der Waals surface area contributed by atoms with Crippen LogP contribution in [0, 0.1) is 0 Å². The van der Waals surface area contributed by atoms with Crippen LogP contribution in [0.25, 0.3) is 0 Å². The highest BCUT2D eigenvalue weighted by atomic mass is 35.5. The zero-order valence-corrected chi connectivity index (χ0v) is 14.4. The first-order valence-corrected chi connectivity index (χ1v) is 8.62. The van der Waals surface area contributed by atoms with Crippen molar-refractivity contribution in [1.82, 2.24) is 0 Å². The monoisotopic (exact) mass is 367 g/mol. The van der Waals surface area contributed by atoms with Crippen LogP contribution >= 0.6 is 11.6 Å². The van der Waals surface area contributed by atoms with Crippen molar-refractivity contribution >= 4 is 39.1 Å². The lowest BCUT2D eigenvalue weighted by atomic mass is 10.2. The predicted molar refractivity (Wildman–Crippen MR) is 90.0 cm³/mol. The number of sulfonamides is 1. The first-order chi connectivity index (χ1) is 11.2. The average Bonchev–Trinajstić information content (AvgIpc) is 2.56. The van der Waals surface area contributed by atoms with Crippen LogP contribution in [0.4, 0.5) is 5.69 Å². The first kappa shape index (κ1) is 18.0. The molecule has 0 amide bonds. The molecule has 0 aliphatic rings. The maximum absolute atomic E-state index is 12.4. The second-order valence-electron chi connectivity index (χ2n) is 4.87. The van der Waals surface area contributed by atoms with Gasteiger partial charge in [-0.15, -0.1) is 0 Å². The molecule has 8 heteroatoms. The van der Waals surface area contributed by atoms with Crippen molar-refractivity contribution in [3.8, 4) is 0 Å². The van der Waals surface area contributed by atoms with E-state index in [2.05, 4.69) is 9.46 Å². The van der Waals surface area contributed by atoms with E-state index in [0.717, 1.165) is 0 Å². The van der Waals surface area contributed by atoms with E-state index >= 15 is 0 Å². The second-order valence-corrected chi connectivity index (χ2v) is 6.96. The minimum absolute atomic E-state index is 0.0352. The number of carbonyl (C=O) groups excluding carboxylic acids is 2. The van der Waals surface area contributed by atoms with E-state index in [0.29, 0.717) is 5.56 Å². The van der Waals surface area contributed by atoms with Crippen molar-refractivity contribution < 1.29 is 22.7 Å². The van der Waals surface area contributed by atoms with E-state index in [1.165, 1.54) is 56.5 Å². The fourth-order valence-corrected chi connectivity index (χ4v) is 3.21.